The van der Waals surface area contributed by atoms with Crippen LogP contribution < -0.4 is 5.32 Å². The first-order valence-electron chi connectivity index (χ1n) is 9.41. The van der Waals surface area contributed by atoms with Gasteiger partial charge in [0.25, 0.3) is 0 Å². The summed E-state index contributed by atoms with van der Waals surface area (Å²) in [5.74, 6) is 1.62. The number of thiophene rings is 1. The average molecular weight is 415 g/mol. The molecule has 3 rings (SSSR count). The molecular formula is C21H26N4OS2. The van der Waals surface area contributed by atoms with E-state index in [9.17, 15) is 4.79 Å². The lowest BCUT2D eigenvalue weighted by atomic mass is 10.1. The molecular weight excluding hydrogens is 388 g/mol. The van der Waals surface area contributed by atoms with E-state index in [0.717, 1.165) is 39.9 Å². The lowest BCUT2D eigenvalue weighted by Crippen LogP contribution is -2.15. The van der Waals surface area contributed by atoms with Crippen molar-refractivity contribution in [2.75, 3.05) is 11.1 Å². The Balaban J connectivity index is 1.70. The molecule has 0 saturated carbocycles. The molecule has 0 fully saturated rings. The summed E-state index contributed by atoms with van der Waals surface area (Å²) in [6.45, 7) is 11.2. The molecule has 7 heteroatoms. The first-order valence-corrected chi connectivity index (χ1v) is 11.3. The summed E-state index contributed by atoms with van der Waals surface area (Å²) in [7, 11) is 0. The molecule has 5 nitrogen and oxygen atoms in total. The zero-order valence-electron chi connectivity index (χ0n) is 16.9. The first kappa shape index (κ1) is 20.6. The van der Waals surface area contributed by atoms with E-state index in [0.29, 0.717) is 11.7 Å². The molecule has 0 unspecified atom stereocenters. The van der Waals surface area contributed by atoms with Gasteiger partial charge in [0.2, 0.25) is 5.91 Å². The molecule has 2 heterocycles. The van der Waals surface area contributed by atoms with Crippen molar-refractivity contribution in [1.29, 1.82) is 0 Å². The first-order chi connectivity index (χ1) is 13.4. The summed E-state index contributed by atoms with van der Waals surface area (Å²) in [6, 6.07) is 8.24. The van der Waals surface area contributed by atoms with Crippen molar-refractivity contribution in [3.05, 3.63) is 45.6 Å². The normalized spacial score (nSPS) is 11.2. The number of amides is 1. The number of hydrogen-bond acceptors (Lipinski definition) is 5. The van der Waals surface area contributed by atoms with Crippen molar-refractivity contribution >= 4 is 34.7 Å². The summed E-state index contributed by atoms with van der Waals surface area (Å²) in [5, 5.41) is 14.6. The number of nitrogens with zero attached hydrogens (tertiary/aromatic N) is 3. The van der Waals surface area contributed by atoms with Crippen LogP contribution in [0.25, 0.3) is 11.4 Å². The van der Waals surface area contributed by atoms with Gasteiger partial charge >= 0.3 is 0 Å². The fraction of sp³-hybridized carbons (Fsp3) is 0.381. The van der Waals surface area contributed by atoms with Crippen LogP contribution >= 0.6 is 23.1 Å². The predicted octanol–water partition coefficient (Wildman–Crippen LogP) is 5.50. The predicted molar refractivity (Wildman–Crippen MR) is 118 cm³/mol. The van der Waals surface area contributed by atoms with E-state index in [4.69, 9.17) is 0 Å². The highest BCUT2D eigenvalue weighted by molar-refractivity contribution is 7.99. The summed E-state index contributed by atoms with van der Waals surface area (Å²) in [6.07, 6.45) is 0. The molecule has 1 N–H and O–H groups in total. The van der Waals surface area contributed by atoms with E-state index in [2.05, 4.69) is 52.3 Å². The van der Waals surface area contributed by atoms with Gasteiger partial charge in [-0.25, -0.2) is 0 Å². The highest BCUT2D eigenvalue weighted by Gasteiger charge is 2.16. The molecule has 3 aromatic rings. The minimum absolute atomic E-state index is 0.0384. The van der Waals surface area contributed by atoms with Crippen LogP contribution in [-0.4, -0.2) is 26.4 Å². The number of carbonyl (C=O) groups excluding carboxylic acids is 1. The average Bonchev–Trinajstić information content (AvgIpc) is 3.29. The van der Waals surface area contributed by atoms with Gasteiger partial charge in [-0.05, 0) is 49.9 Å². The minimum atomic E-state index is -0.0384. The van der Waals surface area contributed by atoms with E-state index < -0.39 is 0 Å². The number of hydrogen-bond donors (Lipinski definition) is 1. The zero-order valence-corrected chi connectivity index (χ0v) is 18.6. The largest absolute Gasteiger partial charge is 0.325 e. The molecule has 0 saturated heterocycles. The third kappa shape index (κ3) is 4.64. The van der Waals surface area contributed by atoms with Gasteiger partial charge in [0.1, 0.15) is 0 Å². The van der Waals surface area contributed by atoms with E-state index in [1.165, 1.54) is 16.6 Å². The maximum absolute atomic E-state index is 12.4. The number of thioether (sulfide) groups is 1. The van der Waals surface area contributed by atoms with E-state index in [1.54, 1.807) is 11.3 Å². The van der Waals surface area contributed by atoms with Gasteiger partial charge in [-0.2, -0.15) is 0 Å². The fourth-order valence-electron chi connectivity index (χ4n) is 2.85. The van der Waals surface area contributed by atoms with Crippen LogP contribution in [0.3, 0.4) is 0 Å². The molecule has 0 radical (unpaired) electrons. The second-order valence-corrected chi connectivity index (χ2v) is 8.98. The van der Waals surface area contributed by atoms with E-state index in [-0.39, 0.29) is 5.91 Å². The Bertz CT molecular complexity index is 975. The Morgan fingerprint density at radius 3 is 2.71 bits per heavy atom. The van der Waals surface area contributed by atoms with Crippen molar-refractivity contribution in [2.45, 2.75) is 52.2 Å². The highest BCUT2D eigenvalue weighted by Crippen LogP contribution is 2.31. The maximum Gasteiger partial charge on any atom is 0.234 e. The molecule has 0 aliphatic rings. The van der Waals surface area contributed by atoms with Gasteiger partial charge in [0.15, 0.2) is 11.0 Å². The van der Waals surface area contributed by atoms with Crippen LogP contribution in [0.15, 0.2) is 34.8 Å². The Hall–Kier alpha value is -2.12. The Morgan fingerprint density at radius 2 is 2.04 bits per heavy atom. The smallest absolute Gasteiger partial charge is 0.234 e. The summed E-state index contributed by atoms with van der Waals surface area (Å²) < 4.78 is 2.07. The summed E-state index contributed by atoms with van der Waals surface area (Å²) in [5.41, 5.74) is 4.14. The molecule has 148 valence electrons. The van der Waals surface area contributed by atoms with Gasteiger partial charge in [0.05, 0.1) is 5.75 Å². The molecule has 0 bridgehead atoms. The van der Waals surface area contributed by atoms with Crippen LogP contribution in [0, 0.1) is 13.8 Å². The van der Waals surface area contributed by atoms with Crippen molar-refractivity contribution in [2.24, 2.45) is 0 Å². The SMILES string of the molecule is CCn1c(SCC(=O)Nc2cc(C)ccc2C)nnc1-c1csc(C(C)C)c1. The van der Waals surface area contributed by atoms with Gasteiger partial charge in [-0.15, -0.1) is 21.5 Å². The van der Waals surface area contributed by atoms with Gasteiger partial charge in [-0.1, -0.05) is 37.7 Å². The second kappa shape index (κ2) is 8.92. The van der Waals surface area contributed by atoms with Crippen LogP contribution in [-0.2, 0) is 11.3 Å². The lowest BCUT2D eigenvalue weighted by Gasteiger charge is -2.10. The zero-order chi connectivity index (χ0) is 20.3. The molecule has 28 heavy (non-hydrogen) atoms. The number of carbonyl (C=O) groups is 1. The number of aromatic nitrogens is 3. The summed E-state index contributed by atoms with van der Waals surface area (Å²) >= 11 is 3.17. The monoisotopic (exact) mass is 414 g/mol. The number of benzene rings is 1. The van der Waals surface area contributed by atoms with Crippen molar-refractivity contribution < 1.29 is 4.79 Å². The molecule has 2 aromatic heterocycles. The molecule has 1 aromatic carbocycles. The number of anilines is 1. The Labute approximate surface area is 174 Å². The topological polar surface area (TPSA) is 59.8 Å². The number of aryl methyl sites for hydroxylation is 2. The summed E-state index contributed by atoms with van der Waals surface area (Å²) in [4.78, 5) is 13.8. The fourth-order valence-corrected chi connectivity index (χ4v) is 4.56. The maximum atomic E-state index is 12.4. The number of nitrogens with one attached hydrogen (secondary N) is 1. The van der Waals surface area contributed by atoms with E-state index >= 15 is 0 Å². The minimum Gasteiger partial charge on any atom is -0.325 e. The molecule has 0 aliphatic carbocycles. The third-order valence-electron chi connectivity index (χ3n) is 4.48. The van der Waals surface area contributed by atoms with Crippen molar-refractivity contribution in [1.82, 2.24) is 14.8 Å². The Kier molecular flexibility index (Phi) is 6.57. The molecule has 0 atom stereocenters. The van der Waals surface area contributed by atoms with E-state index in [1.807, 2.05) is 32.0 Å². The molecule has 0 spiro atoms. The van der Waals surface area contributed by atoms with Crippen LogP contribution in [0.5, 0.6) is 0 Å². The van der Waals surface area contributed by atoms with Crippen LogP contribution in [0.2, 0.25) is 0 Å². The van der Waals surface area contributed by atoms with Gasteiger partial charge < -0.3 is 9.88 Å². The van der Waals surface area contributed by atoms with Gasteiger partial charge in [-0.3, -0.25) is 4.79 Å². The van der Waals surface area contributed by atoms with Crippen molar-refractivity contribution in [3.8, 4) is 11.4 Å². The van der Waals surface area contributed by atoms with Crippen LogP contribution in [0.4, 0.5) is 5.69 Å². The lowest BCUT2D eigenvalue weighted by molar-refractivity contribution is -0.113. The quantitative estimate of drug-likeness (QED) is 0.519. The second-order valence-electron chi connectivity index (χ2n) is 7.10. The Morgan fingerprint density at radius 1 is 1.25 bits per heavy atom. The molecule has 1 amide bonds. The number of rotatable bonds is 7. The third-order valence-corrected chi connectivity index (χ3v) is 6.68. The van der Waals surface area contributed by atoms with Crippen LogP contribution in [0.1, 0.15) is 42.7 Å². The standard InChI is InChI=1S/C21H26N4OS2/c1-6-25-20(16-10-18(13(2)3)27-11-16)23-24-21(25)28-12-19(26)22-17-9-14(4)7-8-15(17)5/h7-11,13H,6,12H2,1-5H3,(H,22,26). The highest BCUT2D eigenvalue weighted by atomic mass is 32.2. The van der Waals surface area contributed by atoms with Crippen molar-refractivity contribution in [3.63, 3.8) is 0 Å². The molecule has 0 aliphatic heterocycles. The van der Waals surface area contributed by atoms with Gasteiger partial charge in [0, 0.05) is 28.1 Å².